The van der Waals surface area contributed by atoms with Gasteiger partial charge in [-0.2, -0.15) is 0 Å². The van der Waals surface area contributed by atoms with Crippen LogP contribution >= 0.6 is 11.6 Å². The number of amides is 2. The molecule has 0 aliphatic heterocycles. The average molecular weight is 481 g/mol. The van der Waals surface area contributed by atoms with Crippen molar-refractivity contribution in [1.29, 1.82) is 0 Å². The summed E-state index contributed by atoms with van der Waals surface area (Å²) in [6.07, 6.45) is 0.164. The molecular formula is C27H29ClN2O4. The van der Waals surface area contributed by atoms with Gasteiger partial charge in [-0.1, -0.05) is 54.1 Å². The number of carbonyl (C=O) groups excluding carboxylic acids is 2. The van der Waals surface area contributed by atoms with E-state index in [2.05, 4.69) is 5.32 Å². The molecule has 0 aliphatic rings. The van der Waals surface area contributed by atoms with Crippen molar-refractivity contribution in [2.75, 3.05) is 14.2 Å². The standard InChI is InChI=1S/C27H29ClN2O4/c1-19(27(32)29-17-22-6-4-5-7-25(22)34-3)30(18-21-10-14-24(33-2)15-11-21)26(31)16-20-8-12-23(28)13-9-20/h4-15,19H,16-18H2,1-3H3,(H,29,32)/t19-/m0/s1. The van der Waals surface area contributed by atoms with E-state index in [1.165, 1.54) is 0 Å². The number of rotatable bonds is 10. The van der Waals surface area contributed by atoms with E-state index in [0.29, 0.717) is 23.9 Å². The fraction of sp³-hybridized carbons (Fsp3) is 0.259. The van der Waals surface area contributed by atoms with Gasteiger partial charge >= 0.3 is 0 Å². The van der Waals surface area contributed by atoms with Crippen molar-refractivity contribution in [3.63, 3.8) is 0 Å². The highest BCUT2D eigenvalue weighted by Gasteiger charge is 2.26. The average Bonchev–Trinajstić information content (AvgIpc) is 2.87. The summed E-state index contributed by atoms with van der Waals surface area (Å²) >= 11 is 5.97. The summed E-state index contributed by atoms with van der Waals surface area (Å²) in [6.45, 7) is 2.33. The molecule has 0 bridgehead atoms. The van der Waals surface area contributed by atoms with E-state index in [-0.39, 0.29) is 18.2 Å². The summed E-state index contributed by atoms with van der Waals surface area (Å²) in [6, 6.07) is 21.4. The number of halogens is 1. The number of nitrogens with one attached hydrogen (secondary N) is 1. The van der Waals surface area contributed by atoms with Crippen molar-refractivity contribution in [3.05, 3.63) is 94.5 Å². The third-order valence-electron chi connectivity index (χ3n) is 5.59. The molecule has 0 fully saturated rings. The maximum atomic E-state index is 13.3. The molecule has 0 unspecified atom stereocenters. The van der Waals surface area contributed by atoms with Crippen molar-refractivity contribution in [2.24, 2.45) is 0 Å². The molecule has 0 aromatic heterocycles. The van der Waals surface area contributed by atoms with Crippen LogP contribution in [-0.4, -0.2) is 37.0 Å². The van der Waals surface area contributed by atoms with Gasteiger partial charge in [0.1, 0.15) is 17.5 Å². The van der Waals surface area contributed by atoms with Crippen LogP contribution in [0.2, 0.25) is 5.02 Å². The topological polar surface area (TPSA) is 67.9 Å². The van der Waals surface area contributed by atoms with Crippen molar-refractivity contribution < 1.29 is 19.1 Å². The van der Waals surface area contributed by atoms with Gasteiger partial charge in [0.2, 0.25) is 11.8 Å². The van der Waals surface area contributed by atoms with Crippen LogP contribution in [0.15, 0.2) is 72.8 Å². The molecule has 3 aromatic carbocycles. The Morgan fingerprint density at radius 2 is 1.56 bits per heavy atom. The lowest BCUT2D eigenvalue weighted by Gasteiger charge is -2.29. The highest BCUT2D eigenvalue weighted by atomic mass is 35.5. The third-order valence-corrected chi connectivity index (χ3v) is 5.85. The second-order valence-corrected chi connectivity index (χ2v) is 8.32. The zero-order valence-electron chi connectivity index (χ0n) is 19.6. The number of hydrogen-bond acceptors (Lipinski definition) is 4. The third kappa shape index (κ3) is 6.75. The molecule has 1 atom stereocenters. The second-order valence-electron chi connectivity index (χ2n) is 7.88. The largest absolute Gasteiger partial charge is 0.497 e. The van der Waals surface area contributed by atoms with Gasteiger partial charge in [0.05, 0.1) is 20.6 Å². The van der Waals surface area contributed by atoms with Crippen molar-refractivity contribution in [2.45, 2.75) is 32.5 Å². The Kier molecular flexibility index (Phi) is 8.93. The minimum absolute atomic E-state index is 0.155. The van der Waals surface area contributed by atoms with Gasteiger partial charge in [0, 0.05) is 23.7 Å². The van der Waals surface area contributed by atoms with Gasteiger partial charge in [-0.25, -0.2) is 0 Å². The minimum atomic E-state index is -0.684. The predicted molar refractivity (Wildman–Crippen MR) is 133 cm³/mol. The first-order valence-corrected chi connectivity index (χ1v) is 11.4. The summed E-state index contributed by atoms with van der Waals surface area (Å²) in [5, 5.41) is 3.54. The molecule has 34 heavy (non-hydrogen) atoms. The van der Waals surface area contributed by atoms with Gasteiger partial charge in [0.25, 0.3) is 0 Å². The van der Waals surface area contributed by atoms with Crippen molar-refractivity contribution in [1.82, 2.24) is 10.2 Å². The maximum Gasteiger partial charge on any atom is 0.242 e. The van der Waals surface area contributed by atoms with Crippen LogP contribution in [0.5, 0.6) is 11.5 Å². The first-order valence-electron chi connectivity index (χ1n) is 11.0. The molecule has 6 nitrogen and oxygen atoms in total. The number of nitrogens with zero attached hydrogens (tertiary/aromatic N) is 1. The molecule has 2 amide bonds. The fourth-order valence-corrected chi connectivity index (χ4v) is 3.69. The zero-order valence-corrected chi connectivity index (χ0v) is 20.3. The molecule has 0 heterocycles. The molecule has 0 saturated carbocycles. The first kappa shape index (κ1) is 25.1. The molecule has 0 saturated heterocycles. The molecule has 178 valence electrons. The van der Waals surface area contributed by atoms with Crippen LogP contribution < -0.4 is 14.8 Å². The fourth-order valence-electron chi connectivity index (χ4n) is 3.57. The van der Waals surface area contributed by atoms with E-state index >= 15 is 0 Å². The lowest BCUT2D eigenvalue weighted by atomic mass is 10.1. The zero-order chi connectivity index (χ0) is 24.5. The van der Waals surface area contributed by atoms with Crippen LogP contribution in [0, 0.1) is 0 Å². The Bertz CT molecular complexity index is 1100. The predicted octanol–water partition coefficient (Wildman–Crippen LogP) is 4.63. The molecule has 3 aromatic rings. The highest BCUT2D eigenvalue weighted by Crippen LogP contribution is 2.19. The van der Waals surface area contributed by atoms with E-state index in [0.717, 1.165) is 22.4 Å². The van der Waals surface area contributed by atoms with Crippen LogP contribution in [0.1, 0.15) is 23.6 Å². The normalized spacial score (nSPS) is 11.4. The van der Waals surface area contributed by atoms with Gasteiger partial charge < -0.3 is 19.7 Å². The molecule has 0 spiro atoms. The molecular weight excluding hydrogens is 452 g/mol. The van der Waals surface area contributed by atoms with Gasteiger partial charge in [-0.15, -0.1) is 0 Å². The van der Waals surface area contributed by atoms with Crippen molar-refractivity contribution in [3.8, 4) is 11.5 Å². The summed E-state index contributed by atoms with van der Waals surface area (Å²) in [5.74, 6) is 1.02. The second kappa shape index (κ2) is 12.1. The summed E-state index contributed by atoms with van der Waals surface area (Å²) in [4.78, 5) is 28.0. The monoisotopic (exact) mass is 480 g/mol. The Morgan fingerprint density at radius 3 is 2.21 bits per heavy atom. The number of methoxy groups -OCH3 is 2. The van der Waals surface area contributed by atoms with Gasteiger partial charge in [-0.05, 0) is 48.4 Å². The highest BCUT2D eigenvalue weighted by molar-refractivity contribution is 6.30. The number of ether oxygens (including phenoxy) is 2. The minimum Gasteiger partial charge on any atom is -0.497 e. The first-order chi connectivity index (χ1) is 16.4. The van der Waals surface area contributed by atoms with Crippen LogP contribution in [0.4, 0.5) is 0 Å². The summed E-state index contributed by atoms with van der Waals surface area (Å²) in [7, 11) is 3.19. The van der Waals surface area contributed by atoms with Gasteiger partial charge in [-0.3, -0.25) is 9.59 Å². The van der Waals surface area contributed by atoms with Gasteiger partial charge in [0.15, 0.2) is 0 Å². The number of para-hydroxylation sites is 1. The Labute approximate surface area is 205 Å². The lowest BCUT2D eigenvalue weighted by Crippen LogP contribution is -2.48. The molecule has 7 heteroatoms. The molecule has 0 aliphatic carbocycles. The summed E-state index contributed by atoms with van der Waals surface area (Å²) in [5.41, 5.74) is 2.59. The quantitative estimate of drug-likeness (QED) is 0.459. The van der Waals surface area contributed by atoms with E-state index in [4.69, 9.17) is 21.1 Å². The number of hydrogen-bond donors (Lipinski definition) is 1. The van der Waals surface area contributed by atoms with Crippen molar-refractivity contribution >= 4 is 23.4 Å². The van der Waals surface area contributed by atoms with Crippen LogP contribution in [0.3, 0.4) is 0 Å². The summed E-state index contributed by atoms with van der Waals surface area (Å²) < 4.78 is 10.6. The molecule has 3 rings (SSSR count). The Balaban J connectivity index is 1.76. The Hall–Kier alpha value is -3.51. The van der Waals surface area contributed by atoms with Crippen LogP contribution in [-0.2, 0) is 29.1 Å². The number of carbonyl (C=O) groups is 2. The SMILES string of the molecule is COc1ccc(CN(C(=O)Cc2ccc(Cl)cc2)[C@@H](C)C(=O)NCc2ccccc2OC)cc1. The lowest BCUT2D eigenvalue weighted by molar-refractivity contribution is -0.140. The molecule has 0 radical (unpaired) electrons. The number of benzene rings is 3. The van der Waals surface area contributed by atoms with Crippen LogP contribution in [0.25, 0.3) is 0 Å². The van der Waals surface area contributed by atoms with E-state index < -0.39 is 6.04 Å². The van der Waals surface area contributed by atoms with E-state index in [9.17, 15) is 9.59 Å². The maximum absolute atomic E-state index is 13.3. The molecule has 1 N–H and O–H groups in total. The van der Waals surface area contributed by atoms with E-state index in [1.807, 2.05) is 60.7 Å². The smallest absolute Gasteiger partial charge is 0.242 e. The van der Waals surface area contributed by atoms with E-state index in [1.54, 1.807) is 38.2 Å². The Morgan fingerprint density at radius 1 is 0.912 bits per heavy atom.